The SMILES string of the molecule is CCCC1=C([C@H](O)CC/C(=C/c2ccccc2O)CC)[C@H](CO)[C@@H]2C(=O)N(C3CCCCC3)C(=O)[C@@H]2C1. The number of nitrogens with zero attached hydrogens (tertiary/aromatic N) is 1. The number of imide groups is 1. The van der Waals surface area contributed by atoms with Crippen LogP contribution in [0.5, 0.6) is 5.75 Å². The van der Waals surface area contributed by atoms with Gasteiger partial charge in [-0.1, -0.05) is 75.0 Å². The van der Waals surface area contributed by atoms with Crippen LogP contribution in [0.2, 0.25) is 0 Å². The molecule has 1 saturated carbocycles. The van der Waals surface area contributed by atoms with E-state index in [9.17, 15) is 24.9 Å². The van der Waals surface area contributed by atoms with E-state index in [1.54, 1.807) is 17.0 Å². The third-order valence-corrected chi connectivity index (χ3v) is 8.75. The Bertz CT molecular complexity index is 1040. The van der Waals surface area contributed by atoms with Crippen LogP contribution < -0.4 is 0 Å². The standard InChI is InChI=1S/C31H43NO5/c1-3-10-22-18-24-29(31(37)32(30(24)36)23-12-6-5-7-13-23)25(19-33)28(22)27(35)16-15-20(4-2)17-21-11-8-9-14-26(21)34/h8-9,11,14,17,23-25,27,29,33-35H,3-7,10,12-13,15-16,18-19H2,1-2H3/b20-17+/t24-,25+,27-,29-/m1/s1. The Balaban J connectivity index is 1.57. The van der Waals surface area contributed by atoms with Gasteiger partial charge in [0.1, 0.15) is 5.75 Å². The van der Waals surface area contributed by atoms with Crippen molar-refractivity contribution in [3.63, 3.8) is 0 Å². The zero-order valence-electron chi connectivity index (χ0n) is 22.4. The van der Waals surface area contributed by atoms with Crippen molar-refractivity contribution in [2.24, 2.45) is 17.8 Å². The molecule has 6 nitrogen and oxygen atoms in total. The summed E-state index contributed by atoms with van der Waals surface area (Å²) in [6.07, 6.45) is 10.2. The molecule has 0 aromatic heterocycles. The van der Waals surface area contributed by atoms with Crippen molar-refractivity contribution in [3.05, 3.63) is 46.5 Å². The number of allylic oxidation sites excluding steroid dienone is 2. The van der Waals surface area contributed by atoms with Crippen molar-refractivity contribution in [1.82, 2.24) is 4.90 Å². The van der Waals surface area contributed by atoms with Gasteiger partial charge in [-0.25, -0.2) is 0 Å². The van der Waals surface area contributed by atoms with Gasteiger partial charge in [-0.3, -0.25) is 14.5 Å². The van der Waals surface area contributed by atoms with Crippen LogP contribution in [0.1, 0.15) is 90.0 Å². The number of phenols is 1. The highest BCUT2D eigenvalue weighted by Crippen LogP contribution is 2.48. The summed E-state index contributed by atoms with van der Waals surface area (Å²) in [5.74, 6) is -1.50. The molecule has 4 rings (SSSR count). The largest absolute Gasteiger partial charge is 0.507 e. The first-order valence-corrected chi connectivity index (χ1v) is 14.3. The van der Waals surface area contributed by atoms with Crippen molar-refractivity contribution in [1.29, 1.82) is 0 Å². The van der Waals surface area contributed by atoms with Crippen LogP contribution >= 0.6 is 0 Å². The molecule has 3 aliphatic rings. The van der Waals surface area contributed by atoms with E-state index in [-0.39, 0.29) is 30.2 Å². The molecule has 0 bridgehead atoms. The topological polar surface area (TPSA) is 98.1 Å². The third kappa shape index (κ3) is 5.70. The zero-order valence-corrected chi connectivity index (χ0v) is 22.4. The predicted octanol–water partition coefficient (Wildman–Crippen LogP) is 5.37. The number of carbonyl (C=O) groups is 2. The molecule has 0 spiro atoms. The van der Waals surface area contributed by atoms with Gasteiger partial charge in [-0.05, 0) is 56.6 Å². The molecule has 2 aliphatic carbocycles. The predicted molar refractivity (Wildman–Crippen MR) is 144 cm³/mol. The van der Waals surface area contributed by atoms with Crippen LogP contribution in [0, 0.1) is 17.8 Å². The lowest BCUT2D eigenvalue weighted by Gasteiger charge is -2.36. The molecule has 4 atom stereocenters. The maximum atomic E-state index is 13.7. The van der Waals surface area contributed by atoms with Crippen LogP contribution in [0.15, 0.2) is 41.0 Å². The molecule has 1 aromatic carbocycles. The highest BCUT2D eigenvalue weighted by Gasteiger charge is 2.56. The summed E-state index contributed by atoms with van der Waals surface area (Å²) in [6, 6.07) is 7.19. The number of hydrogen-bond donors (Lipinski definition) is 3. The second-order valence-electron chi connectivity index (χ2n) is 11.0. The van der Waals surface area contributed by atoms with E-state index in [0.717, 1.165) is 73.6 Å². The number of aliphatic hydroxyl groups is 2. The van der Waals surface area contributed by atoms with Gasteiger partial charge in [0.25, 0.3) is 0 Å². The second-order valence-corrected chi connectivity index (χ2v) is 11.0. The minimum absolute atomic E-state index is 0.0201. The van der Waals surface area contributed by atoms with Crippen molar-refractivity contribution >= 4 is 17.9 Å². The van der Waals surface area contributed by atoms with E-state index >= 15 is 0 Å². The fourth-order valence-corrected chi connectivity index (χ4v) is 6.88. The summed E-state index contributed by atoms with van der Waals surface area (Å²) in [5.41, 5.74) is 3.70. The van der Waals surface area contributed by atoms with Gasteiger partial charge in [0.15, 0.2) is 0 Å². The molecule has 1 aromatic rings. The number of aliphatic hydroxyl groups excluding tert-OH is 2. The number of rotatable bonds is 10. The minimum atomic E-state index is -0.786. The molecular weight excluding hydrogens is 466 g/mol. The molecule has 3 N–H and O–H groups in total. The molecule has 0 unspecified atom stereocenters. The van der Waals surface area contributed by atoms with Crippen LogP contribution in [-0.2, 0) is 9.59 Å². The average molecular weight is 510 g/mol. The lowest BCUT2D eigenvalue weighted by Crippen LogP contribution is -2.42. The van der Waals surface area contributed by atoms with Gasteiger partial charge in [0.05, 0.1) is 24.5 Å². The van der Waals surface area contributed by atoms with Gasteiger partial charge in [0.2, 0.25) is 11.8 Å². The smallest absolute Gasteiger partial charge is 0.234 e. The molecule has 6 heteroatoms. The summed E-state index contributed by atoms with van der Waals surface area (Å²) in [5, 5.41) is 32.1. The van der Waals surface area contributed by atoms with Gasteiger partial charge >= 0.3 is 0 Å². The fourth-order valence-electron chi connectivity index (χ4n) is 6.88. The van der Waals surface area contributed by atoms with Crippen LogP contribution in [0.4, 0.5) is 0 Å². The maximum Gasteiger partial charge on any atom is 0.234 e. The van der Waals surface area contributed by atoms with E-state index < -0.39 is 23.9 Å². The summed E-state index contributed by atoms with van der Waals surface area (Å²) >= 11 is 0. The normalized spacial score (nSPS) is 26.1. The van der Waals surface area contributed by atoms with Crippen molar-refractivity contribution < 1.29 is 24.9 Å². The van der Waals surface area contributed by atoms with Crippen molar-refractivity contribution in [2.75, 3.05) is 6.61 Å². The first-order chi connectivity index (χ1) is 17.9. The van der Waals surface area contributed by atoms with Crippen molar-refractivity contribution in [3.8, 4) is 5.75 Å². The summed E-state index contributed by atoms with van der Waals surface area (Å²) < 4.78 is 0. The van der Waals surface area contributed by atoms with Crippen LogP contribution in [0.25, 0.3) is 6.08 Å². The number of hydrogen-bond acceptors (Lipinski definition) is 5. The second kappa shape index (κ2) is 12.4. The van der Waals surface area contributed by atoms with Gasteiger partial charge in [-0.15, -0.1) is 0 Å². The minimum Gasteiger partial charge on any atom is -0.507 e. The molecule has 37 heavy (non-hydrogen) atoms. The Morgan fingerprint density at radius 1 is 1.11 bits per heavy atom. The number of likely N-dealkylation sites (tertiary alicyclic amines) is 1. The van der Waals surface area contributed by atoms with E-state index in [4.69, 9.17) is 0 Å². The first-order valence-electron chi connectivity index (χ1n) is 14.3. The fraction of sp³-hybridized carbons (Fsp3) is 0.613. The molecular formula is C31H43NO5. The van der Waals surface area contributed by atoms with E-state index in [1.165, 1.54) is 0 Å². The number of aromatic hydroxyl groups is 1. The third-order valence-electron chi connectivity index (χ3n) is 8.75. The van der Waals surface area contributed by atoms with E-state index in [1.807, 2.05) is 18.2 Å². The molecule has 1 saturated heterocycles. The van der Waals surface area contributed by atoms with Gasteiger partial charge in [-0.2, -0.15) is 0 Å². The molecule has 202 valence electrons. The van der Waals surface area contributed by atoms with Crippen molar-refractivity contribution in [2.45, 2.75) is 96.6 Å². The molecule has 2 fully saturated rings. The Labute approximate surface area is 221 Å². The van der Waals surface area contributed by atoms with Crippen LogP contribution in [-0.4, -0.2) is 50.8 Å². The number of para-hydroxylation sites is 1. The number of amides is 2. The summed E-state index contributed by atoms with van der Waals surface area (Å²) in [6.45, 7) is 3.90. The maximum absolute atomic E-state index is 13.7. The summed E-state index contributed by atoms with van der Waals surface area (Å²) in [7, 11) is 0. The quantitative estimate of drug-likeness (QED) is 0.291. The van der Waals surface area contributed by atoms with Gasteiger partial charge in [0, 0.05) is 17.5 Å². The van der Waals surface area contributed by atoms with E-state index in [2.05, 4.69) is 13.8 Å². The number of carbonyl (C=O) groups excluding carboxylic acids is 2. The average Bonchev–Trinajstić information content (AvgIpc) is 3.16. The van der Waals surface area contributed by atoms with Gasteiger partial charge < -0.3 is 15.3 Å². The monoisotopic (exact) mass is 509 g/mol. The lowest BCUT2D eigenvalue weighted by atomic mass is 9.67. The Morgan fingerprint density at radius 3 is 2.49 bits per heavy atom. The van der Waals surface area contributed by atoms with E-state index in [0.29, 0.717) is 19.3 Å². The number of fused-ring (bicyclic) bond motifs is 1. The molecule has 1 heterocycles. The molecule has 2 amide bonds. The Hall–Kier alpha value is -2.44. The Morgan fingerprint density at radius 2 is 1.84 bits per heavy atom. The first kappa shape index (κ1) is 27.6. The highest BCUT2D eigenvalue weighted by atomic mass is 16.3. The molecule has 1 aliphatic heterocycles. The Kier molecular flexibility index (Phi) is 9.25. The lowest BCUT2D eigenvalue weighted by molar-refractivity contribution is -0.143. The zero-order chi connectivity index (χ0) is 26.5. The number of benzene rings is 1. The van der Waals surface area contributed by atoms with Crippen LogP contribution in [0.3, 0.4) is 0 Å². The summed E-state index contributed by atoms with van der Waals surface area (Å²) in [4.78, 5) is 28.7. The molecule has 0 radical (unpaired) electrons. The highest BCUT2D eigenvalue weighted by molar-refractivity contribution is 6.06. The number of phenolic OH excluding ortho intramolecular Hbond substituents is 1.